The molecule has 0 bridgehead atoms. The van der Waals surface area contributed by atoms with Crippen LogP contribution < -0.4 is 5.32 Å². The summed E-state index contributed by atoms with van der Waals surface area (Å²) in [4.78, 5) is 15.7. The number of hydrogen-bond acceptors (Lipinski definition) is 3. The van der Waals surface area contributed by atoms with Crippen LogP contribution in [0.1, 0.15) is 16.1 Å². The normalized spacial score (nSPS) is 10.1. The van der Waals surface area contributed by atoms with Gasteiger partial charge in [-0.1, -0.05) is 0 Å². The minimum absolute atomic E-state index is 0.162. The van der Waals surface area contributed by atoms with E-state index >= 15 is 0 Å². The summed E-state index contributed by atoms with van der Waals surface area (Å²) in [5.74, 6) is 0.518. The number of aryl methyl sites for hydroxylation is 2. The summed E-state index contributed by atoms with van der Waals surface area (Å²) in [6.45, 7) is 1.88. The van der Waals surface area contributed by atoms with Gasteiger partial charge in [0.15, 0.2) is 0 Å². The average Bonchev–Trinajstić information content (AvgIpc) is 2.59. The first-order chi connectivity index (χ1) is 7.66. The van der Waals surface area contributed by atoms with E-state index in [1.807, 2.05) is 13.0 Å². The van der Waals surface area contributed by atoms with E-state index in [-0.39, 0.29) is 5.91 Å². The number of carbonyl (C=O) groups excluding carboxylic acids is 1. The zero-order valence-corrected chi connectivity index (χ0v) is 9.14. The Balaban J connectivity index is 2.17. The Morgan fingerprint density at radius 3 is 2.62 bits per heavy atom. The van der Waals surface area contributed by atoms with Crippen molar-refractivity contribution in [3.63, 3.8) is 0 Å². The molecule has 2 rings (SSSR count). The van der Waals surface area contributed by atoms with E-state index in [1.165, 1.54) is 0 Å². The molecule has 2 heterocycles. The Morgan fingerprint density at radius 1 is 1.38 bits per heavy atom. The number of hydrogen-bond donors (Lipinski definition) is 1. The van der Waals surface area contributed by atoms with Gasteiger partial charge in [-0.2, -0.15) is 5.10 Å². The van der Waals surface area contributed by atoms with Crippen LogP contribution in [-0.2, 0) is 7.05 Å². The molecule has 0 saturated carbocycles. The van der Waals surface area contributed by atoms with Gasteiger partial charge < -0.3 is 5.32 Å². The fraction of sp³-hybridized carbons (Fsp3) is 0.182. The van der Waals surface area contributed by atoms with Gasteiger partial charge in [0.25, 0.3) is 5.91 Å². The van der Waals surface area contributed by atoms with Gasteiger partial charge in [-0.3, -0.25) is 14.5 Å². The van der Waals surface area contributed by atoms with Crippen LogP contribution in [0.25, 0.3) is 0 Å². The second kappa shape index (κ2) is 4.14. The lowest BCUT2D eigenvalue weighted by molar-refractivity contribution is 0.102. The Labute approximate surface area is 93.1 Å². The number of pyridine rings is 1. The SMILES string of the molecule is Cc1cc(NC(=O)c2ccncc2)n(C)n1. The molecule has 0 spiro atoms. The second-order valence-corrected chi connectivity index (χ2v) is 3.48. The smallest absolute Gasteiger partial charge is 0.256 e. The Hall–Kier alpha value is -2.17. The van der Waals surface area contributed by atoms with Crippen LogP contribution in [0, 0.1) is 6.92 Å². The summed E-state index contributed by atoms with van der Waals surface area (Å²) in [5, 5.41) is 6.93. The van der Waals surface area contributed by atoms with Crippen LogP contribution in [0.15, 0.2) is 30.6 Å². The lowest BCUT2D eigenvalue weighted by Gasteiger charge is -2.04. The standard InChI is InChI=1S/C11H12N4O/c1-8-7-10(15(2)14-8)13-11(16)9-3-5-12-6-4-9/h3-7H,1-2H3,(H,13,16). The fourth-order valence-corrected chi connectivity index (χ4v) is 1.42. The summed E-state index contributed by atoms with van der Waals surface area (Å²) in [6.07, 6.45) is 3.17. The maximum Gasteiger partial charge on any atom is 0.256 e. The number of anilines is 1. The van der Waals surface area contributed by atoms with E-state index in [0.29, 0.717) is 11.4 Å². The van der Waals surface area contributed by atoms with Crippen molar-refractivity contribution in [2.75, 3.05) is 5.32 Å². The van der Waals surface area contributed by atoms with Crippen LogP contribution in [0.2, 0.25) is 0 Å². The van der Waals surface area contributed by atoms with Gasteiger partial charge in [0, 0.05) is 31.1 Å². The number of rotatable bonds is 2. The van der Waals surface area contributed by atoms with Gasteiger partial charge in [-0.25, -0.2) is 0 Å². The third-order valence-corrected chi connectivity index (χ3v) is 2.19. The van der Waals surface area contributed by atoms with Crippen LogP contribution in [0.5, 0.6) is 0 Å². The molecule has 2 aromatic rings. The Morgan fingerprint density at radius 2 is 2.06 bits per heavy atom. The molecular weight excluding hydrogens is 204 g/mol. The highest BCUT2D eigenvalue weighted by Crippen LogP contribution is 2.09. The highest BCUT2D eigenvalue weighted by molar-refractivity contribution is 6.03. The zero-order chi connectivity index (χ0) is 11.5. The quantitative estimate of drug-likeness (QED) is 0.824. The fourth-order valence-electron chi connectivity index (χ4n) is 1.42. The molecule has 82 valence electrons. The van der Waals surface area contributed by atoms with Crippen molar-refractivity contribution in [1.82, 2.24) is 14.8 Å². The summed E-state index contributed by atoms with van der Waals surface area (Å²) in [5.41, 5.74) is 1.45. The minimum atomic E-state index is -0.162. The molecule has 0 radical (unpaired) electrons. The highest BCUT2D eigenvalue weighted by Gasteiger charge is 2.08. The van der Waals surface area contributed by atoms with Crippen molar-refractivity contribution < 1.29 is 4.79 Å². The summed E-state index contributed by atoms with van der Waals surface area (Å²) < 4.78 is 1.63. The van der Waals surface area contributed by atoms with Crippen molar-refractivity contribution in [2.45, 2.75) is 6.92 Å². The van der Waals surface area contributed by atoms with E-state index in [1.54, 1.807) is 36.3 Å². The molecule has 0 atom stereocenters. The van der Waals surface area contributed by atoms with Crippen molar-refractivity contribution in [2.24, 2.45) is 7.05 Å². The van der Waals surface area contributed by atoms with Crippen LogP contribution in [0.3, 0.4) is 0 Å². The predicted octanol–water partition coefficient (Wildman–Crippen LogP) is 1.38. The van der Waals surface area contributed by atoms with Gasteiger partial charge in [0.2, 0.25) is 0 Å². The summed E-state index contributed by atoms with van der Waals surface area (Å²) in [7, 11) is 1.79. The maximum absolute atomic E-state index is 11.8. The van der Waals surface area contributed by atoms with Crippen LogP contribution >= 0.6 is 0 Å². The predicted molar refractivity (Wildman–Crippen MR) is 60.1 cm³/mol. The van der Waals surface area contributed by atoms with Gasteiger partial charge >= 0.3 is 0 Å². The molecule has 2 aromatic heterocycles. The molecule has 0 unspecified atom stereocenters. The van der Waals surface area contributed by atoms with Crippen molar-refractivity contribution in [3.8, 4) is 0 Å². The topological polar surface area (TPSA) is 59.8 Å². The maximum atomic E-state index is 11.8. The number of nitrogens with zero attached hydrogens (tertiary/aromatic N) is 3. The molecular formula is C11H12N4O. The molecule has 0 aromatic carbocycles. The minimum Gasteiger partial charge on any atom is -0.307 e. The molecule has 0 aliphatic carbocycles. The van der Waals surface area contributed by atoms with E-state index in [9.17, 15) is 4.79 Å². The average molecular weight is 216 g/mol. The molecule has 0 aliphatic rings. The van der Waals surface area contributed by atoms with E-state index < -0.39 is 0 Å². The molecule has 1 N–H and O–H groups in total. The third-order valence-electron chi connectivity index (χ3n) is 2.19. The molecule has 0 aliphatic heterocycles. The van der Waals surface area contributed by atoms with E-state index in [4.69, 9.17) is 0 Å². The summed E-state index contributed by atoms with van der Waals surface area (Å²) >= 11 is 0. The molecule has 5 heteroatoms. The zero-order valence-electron chi connectivity index (χ0n) is 9.14. The van der Waals surface area contributed by atoms with E-state index in [0.717, 1.165) is 5.69 Å². The van der Waals surface area contributed by atoms with Crippen molar-refractivity contribution >= 4 is 11.7 Å². The molecule has 0 fully saturated rings. The highest BCUT2D eigenvalue weighted by atomic mass is 16.1. The van der Waals surface area contributed by atoms with Crippen LogP contribution in [-0.4, -0.2) is 20.7 Å². The lowest BCUT2D eigenvalue weighted by atomic mass is 10.2. The van der Waals surface area contributed by atoms with Crippen LogP contribution in [0.4, 0.5) is 5.82 Å². The third kappa shape index (κ3) is 2.08. The lowest BCUT2D eigenvalue weighted by Crippen LogP contribution is -2.14. The van der Waals surface area contributed by atoms with Gasteiger partial charge in [-0.15, -0.1) is 0 Å². The van der Waals surface area contributed by atoms with Gasteiger partial charge in [0.05, 0.1) is 5.69 Å². The van der Waals surface area contributed by atoms with Crippen molar-refractivity contribution in [3.05, 3.63) is 41.9 Å². The largest absolute Gasteiger partial charge is 0.307 e. The number of aromatic nitrogens is 3. The molecule has 16 heavy (non-hydrogen) atoms. The van der Waals surface area contributed by atoms with Gasteiger partial charge in [-0.05, 0) is 19.1 Å². The first-order valence-electron chi connectivity index (χ1n) is 4.89. The number of amides is 1. The van der Waals surface area contributed by atoms with Gasteiger partial charge in [0.1, 0.15) is 5.82 Å². The number of carbonyl (C=O) groups is 1. The molecule has 1 amide bonds. The first-order valence-corrected chi connectivity index (χ1v) is 4.89. The van der Waals surface area contributed by atoms with E-state index in [2.05, 4.69) is 15.4 Å². The molecule has 0 saturated heterocycles. The number of nitrogens with one attached hydrogen (secondary N) is 1. The monoisotopic (exact) mass is 216 g/mol. The van der Waals surface area contributed by atoms with Crippen molar-refractivity contribution in [1.29, 1.82) is 0 Å². The first kappa shape index (κ1) is 10.4. The molecule has 5 nitrogen and oxygen atoms in total. The second-order valence-electron chi connectivity index (χ2n) is 3.48. The summed E-state index contributed by atoms with van der Waals surface area (Å²) in [6, 6.07) is 5.15. The Bertz CT molecular complexity index is 504. The Kier molecular flexibility index (Phi) is 2.68.